The molecule has 3 rings (SSSR count). The van der Waals surface area contributed by atoms with E-state index in [0.717, 1.165) is 31.7 Å². The molecule has 1 heterocycles. The minimum absolute atomic E-state index is 0.241. The Morgan fingerprint density at radius 1 is 1.33 bits per heavy atom. The highest BCUT2D eigenvalue weighted by Gasteiger charge is 2.56. The first-order valence-corrected chi connectivity index (χ1v) is 9.08. The van der Waals surface area contributed by atoms with Crippen molar-refractivity contribution in [2.75, 3.05) is 19.3 Å². The maximum absolute atomic E-state index is 12.1. The van der Waals surface area contributed by atoms with Crippen LogP contribution in [0.5, 0.6) is 0 Å². The number of nitrogens with two attached hydrogens (primary N) is 1. The van der Waals surface area contributed by atoms with Crippen LogP contribution in [0, 0.1) is 5.92 Å². The Morgan fingerprint density at radius 3 is 2.61 bits per heavy atom. The summed E-state index contributed by atoms with van der Waals surface area (Å²) in [5.41, 5.74) is 5.80. The van der Waals surface area contributed by atoms with E-state index in [2.05, 4.69) is 4.90 Å². The molecule has 104 valence electrons. The molecule has 4 nitrogen and oxygen atoms in total. The van der Waals surface area contributed by atoms with Gasteiger partial charge in [-0.3, -0.25) is 4.90 Å². The molecular weight excluding hydrogens is 248 g/mol. The van der Waals surface area contributed by atoms with Gasteiger partial charge in [0.1, 0.15) is 0 Å². The first kappa shape index (κ1) is 12.9. The molecule has 0 aromatic heterocycles. The fourth-order valence-corrected chi connectivity index (χ4v) is 6.53. The summed E-state index contributed by atoms with van der Waals surface area (Å²) in [4.78, 5) is 2.49. The van der Waals surface area contributed by atoms with Crippen LogP contribution in [0.15, 0.2) is 0 Å². The molecule has 2 N–H and O–H groups in total. The van der Waals surface area contributed by atoms with Crippen LogP contribution in [0.2, 0.25) is 0 Å². The summed E-state index contributed by atoms with van der Waals surface area (Å²) in [7, 11) is -3.00. The Bertz CT molecular complexity index is 436. The largest absolute Gasteiger partial charge is 0.329 e. The van der Waals surface area contributed by atoms with Crippen molar-refractivity contribution in [2.24, 2.45) is 11.7 Å². The Hall–Kier alpha value is -0.130. The van der Waals surface area contributed by atoms with Gasteiger partial charge < -0.3 is 5.73 Å². The quantitative estimate of drug-likeness (QED) is 0.824. The predicted octanol–water partition coefficient (Wildman–Crippen LogP) is 0.765. The Kier molecular flexibility index (Phi) is 2.99. The molecule has 2 saturated carbocycles. The maximum Gasteiger partial charge on any atom is 0.152 e. The van der Waals surface area contributed by atoms with Gasteiger partial charge in [-0.25, -0.2) is 8.42 Å². The van der Waals surface area contributed by atoms with Gasteiger partial charge in [0.05, 0.1) is 10.8 Å². The van der Waals surface area contributed by atoms with Gasteiger partial charge in [0.15, 0.2) is 9.84 Å². The molecular formula is C13H24N2O2S. The van der Waals surface area contributed by atoms with Crippen LogP contribution in [-0.4, -0.2) is 49.5 Å². The zero-order valence-electron chi connectivity index (χ0n) is 11.1. The molecule has 4 atom stereocenters. The molecule has 1 saturated heterocycles. The van der Waals surface area contributed by atoms with Gasteiger partial charge in [-0.05, 0) is 38.0 Å². The van der Waals surface area contributed by atoms with E-state index in [-0.39, 0.29) is 10.8 Å². The van der Waals surface area contributed by atoms with Crippen LogP contribution in [0.4, 0.5) is 0 Å². The molecule has 0 spiro atoms. The first-order valence-electron chi connectivity index (χ1n) is 7.13. The Morgan fingerprint density at radius 2 is 2.11 bits per heavy atom. The number of nitrogens with zero attached hydrogens (tertiary/aromatic N) is 1. The van der Waals surface area contributed by atoms with Crippen LogP contribution in [-0.2, 0) is 9.84 Å². The third-order valence-corrected chi connectivity index (χ3v) is 7.23. The van der Waals surface area contributed by atoms with Crippen LogP contribution in [0.3, 0.4) is 0 Å². The molecule has 0 radical (unpaired) electrons. The van der Waals surface area contributed by atoms with Gasteiger partial charge >= 0.3 is 0 Å². The van der Waals surface area contributed by atoms with Crippen molar-refractivity contribution in [1.82, 2.24) is 4.90 Å². The molecule has 18 heavy (non-hydrogen) atoms. The Labute approximate surface area is 110 Å². The molecule has 4 unspecified atom stereocenters. The summed E-state index contributed by atoms with van der Waals surface area (Å²) < 4.78 is 24.2. The van der Waals surface area contributed by atoms with Gasteiger partial charge in [0, 0.05) is 25.4 Å². The first-order chi connectivity index (χ1) is 8.47. The van der Waals surface area contributed by atoms with E-state index in [1.54, 1.807) is 0 Å². The molecule has 0 amide bonds. The molecule has 3 fully saturated rings. The van der Waals surface area contributed by atoms with Crippen molar-refractivity contribution < 1.29 is 8.42 Å². The highest BCUT2D eigenvalue weighted by molar-refractivity contribution is 7.91. The van der Waals surface area contributed by atoms with Gasteiger partial charge in [-0.1, -0.05) is 6.42 Å². The number of piperidine rings is 1. The predicted molar refractivity (Wildman–Crippen MR) is 72.1 cm³/mol. The third-order valence-electron chi connectivity index (χ3n) is 5.53. The summed E-state index contributed by atoms with van der Waals surface area (Å²) in [5, 5.41) is -0.241. The molecule has 3 aliphatic rings. The van der Waals surface area contributed by atoms with Gasteiger partial charge in [0.2, 0.25) is 0 Å². The second-order valence-electron chi connectivity index (χ2n) is 6.50. The highest BCUT2D eigenvalue weighted by atomic mass is 32.2. The van der Waals surface area contributed by atoms with Gasteiger partial charge in [0.25, 0.3) is 0 Å². The topological polar surface area (TPSA) is 63.4 Å². The van der Waals surface area contributed by atoms with E-state index < -0.39 is 9.84 Å². The van der Waals surface area contributed by atoms with E-state index in [4.69, 9.17) is 5.73 Å². The number of sulfone groups is 1. The molecule has 1 aliphatic heterocycles. The van der Waals surface area contributed by atoms with E-state index >= 15 is 0 Å². The minimum Gasteiger partial charge on any atom is -0.329 e. The lowest BCUT2D eigenvalue weighted by Crippen LogP contribution is -2.62. The fourth-order valence-electron chi connectivity index (χ4n) is 4.79. The lowest BCUT2D eigenvalue weighted by Gasteiger charge is -2.46. The van der Waals surface area contributed by atoms with Gasteiger partial charge in [-0.2, -0.15) is 0 Å². The van der Waals surface area contributed by atoms with E-state index in [1.165, 1.54) is 25.5 Å². The average molecular weight is 272 g/mol. The number of fused-ring (bicyclic) bond motifs is 2. The van der Waals surface area contributed by atoms with Crippen molar-refractivity contribution in [2.45, 2.75) is 55.4 Å². The molecule has 2 aliphatic carbocycles. The normalized spacial score (nSPS) is 44.9. The van der Waals surface area contributed by atoms with Crippen molar-refractivity contribution in [3.63, 3.8) is 0 Å². The number of hydrogen-bond donors (Lipinski definition) is 1. The summed E-state index contributed by atoms with van der Waals surface area (Å²) in [6.07, 6.45) is 7.98. The average Bonchev–Trinajstić information content (AvgIpc) is 3.02. The summed E-state index contributed by atoms with van der Waals surface area (Å²) in [5.74, 6) is 0.791. The highest BCUT2D eigenvalue weighted by Crippen LogP contribution is 2.47. The fraction of sp³-hybridized carbons (Fsp3) is 1.00. The van der Waals surface area contributed by atoms with Crippen LogP contribution in [0.1, 0.15) is 38.5 Å². The monoisotopic (exact) mass is 272 g/mol. The molecule has 5 heteroatoms. The zero-order valence-corrected chi connectivity index (χ0v) is 12.0. The maximum atomic E-state index is 12.1. The molecule has 0 aromatic rings. The molecule has 2 bridgehead atoms. The van der Waals surface area contributed by atoms with E-state index in [0.29, 0.717) is 12.6 Å². The number of rotatable bonds is 3. The van der Waals surface area contributed by atoms with Crippen molar-refractivity contribution >= 4 is 9.84 Å². The lowest BCUT2D eigenvalue weighted by atomic mass is 9.92. The standard InChI is InChI=1S/C13H24N2O2S/c1-18(16,17)12-3-2-6-13(12,9-14)15-8-10-4-5-11(15)7-10/h10-12H,2-9,14H2,1H3. The SMILES string of the molecule is CS(=O)(=O)C1CCCC1(CN)N1CC2CCC1C2. The van der Waals surface area contributed by atoms with Crippen molar-refractivity contribution in [1.29, 1.82) is 0 Å². The number of likely N-dealkylation sites (tertiary alicyclic amines) is 1. The van der Waals surface area contributed by atoms with E-state index in [1.807, 2.05) is 0 Å². The second kappa shape index (κ2) is 4.18. The summed E-state index contributed by atoms with van der Waals surface area (Å²) in [6.45, 7) is 1.57. The summed E-state index contributed by atoms with van der Waals surface area (Å²) >= 11 is 0. The van der Waals surface area contributed by atoms with E-state index in [9.17, 15) is 8.42 Å². The zero-order chi connectivity index (χ0) is 13.0. The smallest absolute Gasteiger partial charge is 0.152 e. The van der Waals surface area contributed by atoms with Crippen molar-refractivity contribution in [3.8, 4) is 0 Å². The van der Waals surface area contributed by atoms with Crippen LogP contribution >= 0.6 is 0 Å². The Balaban J connectivity index is 1.94. The van der Waals surface area contributed by atoms with Gasteiger partial charge in [-0.15, -0.1) is 0 Å². The lowest BCUT2D eigenvalue weighted by molar-refractivity contribution is 0.0675. The minimum atomic E-state index is -3.00. The number of hydrogen-bond acceptors (Lipinski definition) is 4. The third kappa shape index (κ3) is 1.74. The van der Waals surface area contributed by atoms with Crippen LogP contribution in [0.25, 0.3) is 0 Å². The summed E-state index contributed by atoms with van der Waals surface area (Å²) in [6, 6.07) is 0.598. The van der Waals surface area contributed by atoms with Crippen LogP contribution < -0.4 is 5.73 Å². The van der Waals surface area contributed by atoms with Crippen molar-refractivity contribution in [3.05, 3.63) is 0 Å². The molecule has 0 aromatic carbocycles. The second-order valence-corrected chi connectivity index (χ2v) is 8.73.